The zero-order chi connectivity index (χ0) is 8.16. The summed E-state index contributed by atoms with van der Waals surface area (Å²) in [6.07, 6.45) is 9.93. The van der Waals surface area contributed by atoms with Gasteiger partial charge in [0.1, 0.15) is 6.20 Å². The second-order valence-electron chi connectivity index (χ2n) is 3.34. The lowest BCUT2D eigenvalue weighted by Crippen LogP contribution is -2.35. The number of hydrogen-bond acceptors (Lipinski definition) is 1. The molecule has 1 rings (SSSR count). The summed E-state index contributed by atoms with van der Waals surface area (Å²) in [5.41, 5.74) is 0. The van der Waals surface area contributed by atoms with Gasteiger partial charge in [-0.2, -0.15) is 0 Å². The predicted molar refractivity (Wildman–Crippen MR) is 50.7 cm³/mol. The lowest BCUT2D eigenvalue weighted by molar-refractivity contribution is -0.756. The van der Waals surface area contributed by atoms with Crippen LogP contribution in [-0.4, -0.2) is 24.4 Å². The molecular weight excluding hydrogens is 155 g/mol. The van der Waals surface area contributed by atoms with Crippen LogP contribution in [0.5, 0.6) is 0 Å². The largest absolute Gasteiger partial charge is 0.269 e. The van der Waals surface area contributed by atoms with Crippen LogP contribution in [0, 0.1) is 0 Å². The van der Waals surface area contributed by atoms with Crippen molar-refractivity contribution in [1.29, 1.82) is 0 Å². The number of nitrogens with zero attached hydrogens (tertiary/aromatic N) is 2. The Morgan fingerprint density at radius 1 is 1.33 bits per heavy atom. The molecule has 0 aromatic rings. The van der Waals surface area contributed by atoms with Gasteiger partial charge in [0.25, 0.3) is 0 Å². The molecule has 0 aromatic carbocycles. The Kier molecular flexibility index (Phi) is 4.74. The maximum atomic E-state index is 4.08. The van der Waals surface area contributed by atoms with Crippen molar-refractivity contribution in [2.24, 2.45) is 4.99 Å². The Bertz CT molecular complexity index is 163. The topological polar surface area (TPSA) is 12.4 Å². The van der Waals surface area contributed by atoms with Crippen molar-refractivity contribution < 1.29 is 9.19 Å². The molecule has 3 heteroatoms. The average molecular weight is 173 g/mol. The Hall–Kier alpha value is -0.700. The summed E-state index contributed by atoms with van der Waals surface area (Å²) in [7, 11) is 2.18. The maximum absolute atomic E-state index is 4.08. The number of halogens is 1. The van der Waals surface area contributed by atoms with E-state index in [1.165, 1.54) is 25.8 Å². The maximum Gasteiger partial charge on any atom is 0.194 e. The molecule has 0 fully saturated rings. The van der Waals surface area contributed by atoms with Gasteiger partial charge in [0.2, 0.25) is 0 Å². The van der Waals surface area contributed by atoms with E-state index in [-0.39, 0.29) is 4.70 Å². The van der Waals surface area contributed by atoms with Gasteiger partial charge >= 0.3 is 0 Å². The highest BCUT2D eigenvalue weighted by atomic mass is 19.0. The zero-order valence-corrected chi connectivity index (χ0v) is 7.86. The Morgan fingerprint density at radius 3 is 2.58 bits per heavy atom. The van der Waals surface area contributed by atoms with Gasteiger partial charge in [-0.3, -0.25) is 9.19 Å². The van der Waals surface area contributed by atoms with Crippen molar-refractivity contribution in [3.8, 4) is 0 Å². The van der Waals surface area contributed by atoms with Crippen molar-refractivity contribution in [1.82, 2.24) is 0 Å². The number of quaternary nitrogens is 1. The number of rotatable bonds is 4. The second kappa shape index (κ2) is 5.04. The van der Waals surface area contributed by atoms with E-state index in [9.17, 15) is 0 Å². The molecule has 70 valence electrons. The van der Waals surface area contributed by atoms with Gasteiger partial charge in [-0.15, -0.1) is 0 Å². The molecule has 0 N–H and O–H groups in total. The third kappa shape index (κ3) is 3.13. The molecule has 12 heavy (non-hydrogen) atoms. The molecule has 2 nitrogen and oxygen atoms in total. The van der Waals surface area contributed by atoms with Gasteiger partial charge in [-0.05, 0) is 12.8 Å². The van der Waals surface area contributed by atoms with Crippen LogP contribution in [0.1, 0.15) is 26.2 Å². The van der Waals surface area contributed by atoms with E-state index in [0.717, 1.165) is 4.48 Å². The van der Waals surface area contributed by atoms with Gasteiger partial charge < -0.3 is 0 Å². The molecule has 1 aliphatic rings. The highest BCUT2D eigenvalue weighted by Crippen LogP contribution is 2.09. The summed E-state index contributed by atoms with van der Waals surface area (Å²) in [5.74, 6) is 0. The van der Waals surface area contributed by atoms with Crippen LogP contribution in [0.25, 0.3) is 0 Å². The van der Waals surface area contributed by atoms with Crippen LogP contribution < -0.4 is 0 Å². The molecule has 0 aromatic heterocycles. The molecule has 0 saturated heterocycles. The van der Waals surface area contributed by atoms with Crippen LogP contribution in [0.15, 0.2) is 17.4 Å². The molecule has 0 spiro atoms. The molecule has 0 saturated carbocycles. The second-order valence-corrected chi connectivity index (χ2v) is 3.34. The fourth-order valence-corrected chi connectivity index (χ4v) is 1.25. The summed E-state index contributed by atoms with van der Waals surface area (Å²) in [6, 6.07) is 0. The summed E-state index contributed by atoms with van der Waals surface area (Å²) in [4.78, 5) is 4.08. The standard InChI is InChI=1S/C9H17N2.FH/c1-3-4-5-7-11(2)8-6-10-9-11;/h6,8-9H,3-5,7H2,1-2H3;1H/q+1;. The molecule has 1 atom stereocenters. The summed E-state index contributed by atoms with van der Waals surface area (Å²) >= 11 is 0. The molecule has 0 amide bonds. The lowest BCUT2D eigenvalue weighted by atomic mass is 10.2. The third-order valence-electron chi connectivity index (χ3n) is 2.07. The van der Waals surface area contributed by atoms with E-state index in [1.807, 2.05) is 12.5 Å². The van der Waals surface area contributed by atoms with Crippen LogP contribution in [-0.2, 0) is 0 Å². The summed E-state index contributed by atoms with van der Waals surface area (Å²) in [6.45, 7) is 3.42. The van der Waals surface area contributed by atoms with E-state index in [0.29, 0.717) is 0 Å². The molecule has 1 unspecified atom stereocenters. The molecule has 1 heterocycles. The van der Waals surface area contributed by atoms with Gasteiger partial charge in [0.15, 0.2) is 6.34 Å². The normalized spacial score (nSPS) is 25.8. The fourth-order valence-electron chi connectivity index (χ4n) is 1.25. The highest BCUT2D eigenvalue weighted by Gasteiger charge is 2.17. The Labute approximate surface area is 73.6 Å². The monoisotopic (exact) mass is 173 g/mol. The molecule has 0 aliphatic carbocycles. The summed E-state index contributed by atoms with van der Waals surface area (Å²) < 4.78 is 0.889. The van der Waals surface area contributed by atoms with E-state index >= 15 is 0 Å². The summed E-state index contributed by atoms with van der Waals surface area (Å²) in [5, 5.41) is 0. The van der Waals surface area contributed by atoms with Crippen molar-refractivity contribution >= 4 is 6.34 Å². The first-order valence-electron chi connectivity index (χ1n) is 4.34. The van der Waals surface area contributed by atoms with Crippen LogP contribution in [0.2, 0.25) is 0 Å². The van der Waals surface area contributed by atoms with Crippen LogP contribution in [0.4, 0.5) is 4.70 Å². The third-order valence-corrected chi connectivity index (χ3v) is 2.07. The van der Waals surface area contributed by atoms with Gasteiger partial charge in [-0.25, -0.2) is 4.99 Å². The van der Waals surface area contributed by atoms with Gasteiger partial charge in [-0.1, -0.05) is 13.3 Å². The first-order chi connectivity index (χ1) is 5.27. The van der Waals surface area contributed by atoms with Crippen molar-refractivity contribution in [3.05, 3.63) is 12.4 Å². The van der Waals surface area contributed by atoms with Crippen molar-refractivity contribution in [2.45, 2.75) is 26.2 Å². The molecule has 0 bridgehead atoms. The number of hydrogen-bond donors (Lipinski definition) is 0. The van der Waals surface area contributed by atoms with Crippen LogP contribution >= 0.6 is 0 Å². The number of aliphatic imine (C=N–C) groups is 1. The zero-order valence-electron chi connectivity index (χ0n) is 7.86. The quantitative estimate of drug-likeness (QED) is 0.457. The SMILES string of the molecule is CCCCC[N+]1(C)C=CN=C1.F. The average Bonchev–Trinajstić information content (AvgIpc) is 2.38. The Balaban J connectivity index is 0.00000121. The Morgan fingerprint density at radius 2 is 2.08 bits per heavy atom. The van der Waals surface area contributed by atoms with E-state index in [1.54, 1.807) is 0 Å². The molecule has 0 radical (unpaired) electrons. The molecular formula is C9H18FN2+. The minimum absolute atomic E-state index is 0. The predicted octanol–water partition coefficient (Wildman–Crippen LogP) is 2.29. The van der Waals surface area contributed by atoms with E-state index in [4.69, 9.17) is 0 Å². The van der Waals surface area contributed by atoms with E-state index in [2.05, 4.69) is 25.2 Å². The molecule has 1 aliphatic heterocycles. The van der Waals surface area contributed by atoms with Gasteiger partial charge in [0.05, 0.1) is 19.8 Å². The number of unbranched alkanes of at least 4 members (excludes halogenated alkanes) is 2. The first kappa shape index (κ1) is 11.3. The minimum atomic E-state index is 0. The van der Waals surface area contributed by atoms with Gasteiger partial charge in [0, 0.05) is 0 Å². The smallest absolute Gasteiger partial charge is 0.194 e. The first-order valence-corrected chi connectivity index (χ1v) is 4.34. The van der Waals surface area contributed by atoms with Crippen LogP contribution in [0.3, 0.4) is 0 Å². The highest BCUT2D eigenvalue weighted by molar-refractivity contribution is 5.50. The minimum Gasteiger partial charge on any atom is -0.269 e. The van der Waals surface area contributed by atoms with E-state index < -0.39 is 0 Å². The van der Waals surface area contributed by atoms with Crippen molar-refractivity contribution in [2.75, 3.05) is 13.6 Å². The lowest BCUT2D eigenvalue weighted by Gasteiger charge is -2.20. The van der Waals surface area contributed by atoms with Crippen molar-refractivity contribution in [3.63, 3.8) is 0 Å². The fraction of sp³-hybridized carbons (Fsp3) is 0.667.